The second-order valence-electron chi connectivity index (χ2n) is 5.41. The van der Waals surface area contributed by atoms with Crippen LogP contribution in [0.3, 0.4) is 0 Å². The highest BCUT2D eigenvalue weighted by Gasteiger charge is 2.15. The van der Waals surface area contributed by atoms with E-state index in [1.165, 1.54) is 15.3 Å². The van der Waals surface area contributed by atoms with Crippen molar-refractivity contribution in [2.45, 2.75) is 39.7 Å². The predicted molar refractivity (Wildman–Crippen MR) is 93.2 cm³/mol. The smallest absolute Gasteiger partial charge is 0.332 e. The van der Waals surface area contributed by atoms with Crippen LogP contribution in [0.15, 0.2) is 30.2 Å². The zero-order valence-corrected chi connectivity index (χ0v) is 14.2. The van der Waals surface area contributed by atoms with Gasteiger partial charge in [-0.1, -0.05) is 5.16 Å². The zero-order valence-electron chi connectivity index (χ0n) is 14.2. The third-order valence-corrected chi connectivity index (χ3v) is 3.64. The molecule has 2 heterocycles. The summed E-state index contributed by atoms with van der Waals surface area (Å²) in [6, 6.07) is 1.88. The maximum atomic E-state index is 12.4. The average molecular weight is 331 g/mol. The van der Waals surface area contributed by atoms with Crippen molar-refractivity contribution in [3.05, 3.63) is 38.4 Å². The van der Waals surface area contributed by atoms with E-state index in [-0.39, 0.29) is 11.5 Å². The van der Waals surface area contributed by atoms with E-state index in [2.05, 4.69) is 21.9 Å². The Labute approximate surface area is 139 Å². The Balaban J connectivity index is 2.18. The molecule has 0 aliphatic rings. The van der Waals surface area contributed by atoms with Crippen molar-refractivity contribution in [3.8, 4) is 0 Å². The summed E-state index contributed by atoms with van der Waals surface area (Å²) in [6.45, 7) is 7.28. The summed E-state index contributed by atoms with van der Waals surface area (Å²) in [6.07, 6.45) is 3.64. The van der Waals surface area contributed by atoms with E-state index < -0.39 is 11.2 Å². The molecule has 8 nitrogen and oxygen atoms in total. The van der Waals surface area contributed by atoms with Crippen LogP contribution in [0.4, 0.5) is 11.5 Å². The maximum Gasteiger partial charge on any atom is 0.332 e. The number of nitrogens with zero attached hydrogens (tertiary/aromatic N) is 5. The van der Waals surface area contributed by atoms with Crippen LogP contribution in [-0.4, -0.2) is 27.2 Å². The van der Waals surface area contributed by atoms with Crippen LogP contribution in [0.5, 0.6) is 0 Å². The van der Waals surface area contributed by atoms with Crippen molar-refractivity contribution >= 4 is 24.4 Å². The van der Waals surface area contributed by atoms with Gasteiger partial charge in [-0.15, -0.1) is 0 Å². The lowest BCUT2D eigenvalue weighted by Crippen LogP contribution is -2.38. The van der Waals surface area contributed by atoms with Crippen LogP contribution in [0, 0.1) is 6.92 Å². The quantitative estimate of drug-likeness (QED) is 0.572. The lowest BCUT2D eigenvalue weighted by Gasteiger charge is -2.11. The number of hydrogen-bond donors (Lipinski definition) is 0. The molecule has 0 saturated carbocycles. The van der Waals surface area contributed by atoms with Gasteiger partial charge < -0.3 is 4.52 Å². The molecular formula is C16H21N5O3. The summed E-state index contributed by atoms with van der Waals surface area (Å²) in [5.41, 5.74) is 0.0395. The standard InChI is InChI=1S/C16H21N5O3/c1-5-18-14-13(17-3)15(22)21(16(23)20(14)4)9-7-6-8-12-10-11(2)19-24-12/h5,10H,3,6-9H2,1-2,4H3. The van der Waals surface area contributed by atoms with Crippen molar-refractivity contribution in [2.24, 2.45) is 17.0 Å². The van der Waals surface area contributed by atoms with Gasteiger partial charge in [-0.25, -0.2) is 9.79 Å². The van der Waals surface area contributed by atoms with Gasteiger partial charge in [0, 0.05) is 32.3 Å². The Kier molecular flexibility index (Phi) is 5.62. The summed E-state index contributed by atoms with van der Waals surface area (Å²) in [5.74, 6) is 1.02. The van der Waals surface area contributed by atoms with Crippen LogP contribution >= 0.6 is 0 Å². The fourth-order valence-electron chi connectivity index (χ4n) is 2.45. The first kappa shape index (κ1) is 17.6. The number of hydrogen-bond acceptors (Lipinski definition) is 6. The third-order valence-electron chi connectivity index (χ3n) is 3.64. The van der Waals surface area contributed by atoms with Crippen molar-refractivity contribution in [3.63, 3.8) is 0 Å². The second-order valence-corrected chi connectivity index (χ2v) is 5.41. The molecule has 0 aliphatic heterocycles. The lowest BCUT2D eigenvalue weighted by atomic mass is 10.2. The highest BCUT2D eigenvalue weighted by atomic mass is 16.5. The molecule has 0 bridgehead atoms. The van der Waals surface area contributed by atoms with Crippen molar-refractivity contribution in [1.82, 2.24) is 14.3 Å². The Bertz CT molecular complexity index is 873. The Morgan fingerprint density at radius 2 is 2.12 bits per heavy atom. The molecule has 2 aromatic rings. The van der Waals surface area contributed by atoms with E-state index in [9.17, 15) is 9.59 Å². The molecule has 128 valence electrons. The van der Waals surface area contributed by atoms with Gasteiger partial charge in [-0.3, -0.25) is 18.9 Å². The number of aromatic nitrogens is 3. The fourth-order valence-corrected chi connectivity index (χ4v) is 2.45. The predicted octanol–water partition coefficient (Wildman–Crippen LogP) is 1.92. The second kappa shape index (κ2) is 7.67. The van der Waals surface area contributed by atoms with Gasteiger partial charge in [0.1, 0.15) is 5.76 Å². The van der Waals surface area contributed by atoms with Gasteiger partial charge in [0.25, 0.3) is 5.56 Å². The van der Waals surface area contributed by atoms with E-state index >= 15 is 0 Å². The van der Waals surface area contributed by atoms with Crippen LogP contribution in [0.25, 0.3) is 0 Å². The molecule has 0 atom stereocenters. The van der Waals surface area contributed by atoms with Crippen LogP contribution in [0.1, 0.15) is 31.2 Å². The summed E-state index contributed by atoms with van der Waals surface area (Å²) in [7, 11) is 1.56. The van der Waals surface area contributed by atoms with E-state index in [1.807, 2.05) is 13.0 Å². The molecule has 2 rings (SSSR count). The molecule has 0 aromatic carbocycles. The molecular weight excluding hydrogens is 310 g/mol. The highest BCUT2D eigenvalue weighted by Crippen LogP contribution is 2.20. The van der Waals surface area contributed by atoms with E-state index in [4.69, 9.17) is 4.52 Å². The lowest BCUT2D eigenvalue weighted by molar-refractivity contribution is 0.374. The SMILES string of the molecule is C=Nc1c(N=CC)n(C)c(=O)n(CCCCc2cc(C)no2)c1=O. The van der Waals surface area contributed by atoms with Crippen molar-refractivity contribution < 1.29 is 4.52 Å². The maximum absolute atomic E-state index is 12.4. The molecule has 0 saturated heterocycles. The molecule has 0 fully saturated rings. The third kappa shape index (κ3) is 3.58. The zero-order chi connectivity index (χ0) is 17.7. The van der Waals surface area contributed by atoms with Crippen LogP contribution in [0.2, 0.25) is 0 Å². The van der Waals surface area contributed by atoms with Crippen LogP contribution in [-0.2, 0) is 20.0 Å². The normalized spacial score (nSPS) is 11.3. The number of unbranched alkanes of at least 4 members (excludes halogenated alkanes) is 1. The number of aryl methyl sites for hydroxylation is 2. The summed E-state index contributed by atoms with van der Waals surface area (Å²) in [4.78, 5) is 32.6. The van der Waals surface area contributed by atoms with Gasteiger partial charge in [0.2, 0.25) is 0 Å². The summed E-state index contributed by atoms with van der Waals surface area (Å²) < 4.78 is 7.62. The van der Waals surface area contributed by atoms with Gasteiger partial charge in [-0.2, -0.15) is 0 Å². The van der Waals surface area contributed by atoms with Crippen LogP contribution < -0.4 is 11.2 Å². The molecule has 0 aliphatic carbocycles. The van der Waals surface area contributed by atoms with Gasteiger partial charge in [0.05, 0.1) is 5.69 Å². The molecule has 8 heteroatoms. The molecule has 24 heavy (non-hydrogen) atoms. The van der Waals surface area contributed by atoms with Crippen molar-refractivity contribution in [1.29, 1.82) is 0 Å². The Morgan fingerprint density at radius 1 is 1.38 bits per heavy atom. The Morgan fingerprint density at radius 3 is 2.71 bits per heavy atom. The monoisotopic (exact) mass is 331 g/mol. The fraction of sp³-hybridized carbons (Fsp3) is 0.438. The van der Waals surface area contributed by atoms with Crippen molar-refractivity contribution in [2.75, 3.05) is 0 Å². The number of aliphatic imine (C=N–C) groups is 2. The van der Waals surface area contributed by atoms with Gasteiger partial charge in [0.15, 0.2) is 11.5 Å². The minimum atomic E-state index is -0.468. The van der Waals surface area contributed by atoms with E-state index in [0.29, 0.717) is 19.4 Å². The topological polar surface area (TPSA) is 94.8 Å². The minimum absolute atomic E-state index is 0.0843. The summed E-state index contributed by atoms with van der Waals surface area (Å²) >= 11 is 0. The first-order chi connectivity index (χ1) is 11.5. The molecule has 0 amide bonds. The molecule has 0 unspecified atom stereocenters. The first-order valence-corrected chi connectivity index (χ1v) is 7.71. The average Bonchev–Trinajstić information content (AvgIpc) is 2.97. The van der Waals surface area contributed by atoms with Gasteiger partial charge in [-0.05, 0) is 33.4 Å². The highest BCUT2D eigenvalue weighted by molar-refractivity contribution is 5.67. The molecule has 2 aromatic heterocycles. The summed E-state index contributed by atoms with van der Waals surface area (Å²) in [5, 5.41) is 3.83. The largest absolute Gasteiger partial charge is 0.361 e. The molecule has 0 radical (unpaired) electrons. The van der Waals surface area contributed by atoms with E-state index in [0.717, 1.165) is 17.9 Å². The molecule has 0 N–H and O–H groups in total. The minimum Gasteiger partial charge on any atom is -0.361 e. The molecule has 0 spiro atoms. The van der Waals surface area contributed by atoms with Gasteiger partial charge >= 0.3 is 5.69 Å². The first-order valence-electron chi connectivity index (χ1n) is 7.71. The van der Waals surface area contributed by atoms with E-state index in [1.54, 1.807) is 14.0 Å². The Hall–Kier alpha value is -2.77. The number of rotatable bonds is 7.